The molecule has 0 saturated heterocycles. The number of rotatable bonds is 3. The zero-order chi connectivity index (χ0) is 10.7. The Morgan fingerprint density at radius 1 is 1.27 bits per heavy atom. The van der Waals surface area contributed by atoms with Gasteiger partial charge in [-0.1, -0.05) is 0 Å². The lowest BCUT2D eigenvalue weighted by Gasteiger charge is -1.95. The molecule has 1 aromatic heterocycles. The van der Waals surface area contributed by atoms with Gasteiger partial charge in [-0.05, 0) is 24.3 Å². The number of aromatic hydroxyl groups is 1. The van der Waals surface area contributed by atoms with Gasteiger partial charge in [0.15, 0.2) is 5.89 Å². The van der Waals surface area contributed by atoms with Crippen molar-refractivity contribution in [1.82, 2.24) is 4.98 Å². The Labute approximate surface area is 87.4 Å². The number of nitrogens with zero attached hydrogens (tertiary/aromatic N) is 1. The molecule has 0 atom stereocenters. The van der Waals surface area contributed by atoms with E-state index in [1.807, 2.05) is 0 Å². The Kier molecular flexibility index (Phi) is 2.69. The summed E-state index contributed by atoms with van der Waals surface area (Å²) in [5, 5.41) is 9.13. The third-order valence-corrected chi connectivity index (χ3v) is 2.07. The molecule has 2 aromatic rings. The predicted octanol–water partition coefficient (Wildman–Crippen LogP) is 1.55. The van der Waals surface area contributed by atoms with Gasteiger partial charge < -0.3 is 15.3 Å². The molecule has 4 heteroatoms. The van der Waals surface area contributed by atoms with E-state index in [-0.39, 0.29) is 5.75 Å². The van der Waals surface area contributed by atoms with Crippen LogP contribution in [-0.4, -0.2) is 16.6 Å². The Hall–Kier alpha value is -1.81. The lowest BCUT2D eigenvalue weighted by molar-refractivity contribution is 0.475. The molecule has 2 rings (SSSR count). The molecule has 78 valence electrons. The van der Waals surface area contributed by atoms with E-state index in [1.165, 1.54) is 0 Å². The molecule has 15 heavy (non-hydrogen) atoms. The number of benzene rings is 1. The van der Waals surface area contributed by atoms with Crippen LogP contribution >= 0.6 is 0 Å². The van der Waals surface area contributed by atoms with Gasteiger partial charge in [0.2, 0.25) is 0 Å². The maximum absolute atomic E-state index is 9.13. The highest BCUT2D eigenvalue weighted by Gasteiger charge is 2.05. The molecule has 4 nitrogen and oxygen atoms in total. The first-order valence-corrected chi connectivity index (χ1v) is 4.73. The summed E-state index contributed by atoms with van der Waals surface area (Å²) in [7, 11) is 0. The molecule has 0 fully saturated rings. The van der Waals surface area contributed by atoms with Gasteiger partial charge in [-0.15, -0.1) is 0 Å². The van der Waals surface area contributed by atoms with Crippen molar-refractivity contribution in [3.05, 3.63) is 36.4 Å². The topological polar surface area (TPSA) is 72.3 Å². The zero-order valence-electron chi connectivity index (χ0n) is 8.18. The maximum Gasteiger partial charge on any atom is 0.195 e. The fraction of sp³-hybridized carbons (Fsp3) is 0.182. The van der Waals surface area contributed by atoms with E-state index in [4.69, 9.17) is 15.3 Å². The Balaban J connectivity index is 2.25. The predicted molar refractivity (Wildman–Crippen MR) is 56.4 cm³/mol. The van der Waals surface area contributed by atoms with Crippen molar-refractivity contribution in [3.8, 4) is 17.0 Å². The van der Waals surface area contributed by atoms with Crippen LogP contribution in [0.15, 0.2) is 34.9 Å². The van der Waals surface area contributed by atoms with Crippen molar-refractivity contribution >= 4 is 0 Å². The molecule has 0 amide bonds. The summed E-state index contributed by atoms with van der Waals surface area (Å²) in [6.07, 6.45) is 2.23. The van der Waals surface area contributed by atoms with Crippen molar-refractivity contribution in [2.75, 3.05) is 6.54 Å². The number of phenolic OH excluding ortho intramolecular Hbond substituents is 1. The van der Waals surface area contributed by atoms with Crippen LogP contribution in [0.5, 0.6) is 5.75 Å². The summed E-state index contributed by atoms with van der Waals surface area (Å²) in [6.45, 7) is 0.523. The first-order chi connectivity index (χ1) is 7.29. The van der Waals surface area contributed by atoms with Crippen molar-refractivity contribution in [1.29, 1.82) is 0 Å². The molecular formula is C11H12N2O2. The van der Waals surface area contributed by atoms with Crippen LogP contribution in [0.2, 0.25) is 0 Å². The number of nitrogens with two attached hydrogens (primary N) is 1. The van der Waals surface area contributed by atoms with Gasteiger partial charge in [0.1, 0.15) is 17.7 Å². The Bertz CT molecular complexity index is 434. The van der Waals surface area contributed by atoms with Gasteiger partial charge in [0.25, 0.3) is 0 Å². The second-order valence-corrected chi connectivity index (χ2v) is 3.21. The zero-order valence-corrected chi connectivity index (χ0v) is 8.18. The van der Waals surface area contributed by atoms with E-state index < -0.39 is 0 Å². The minimum absolute atomic E-state index is 0.240. The number of phenols is 1. The van der Waals surface area contributed by atoms with Crippen LogP contribution in [-0.2, 0) is 6.42 Å². The van der Waals surface area contributed by atoms with E-state index in [2.05, 4.69) is 4.98 Å². The van der Waals surface area contributed by atoms with Crippen molar-refractivity contribution in [2.45, 2.75) is 6.42 Å². The van der Waals surface area contributed by atoms with Gasteiger partial charge in [0.05, 0.1) is 0 Å². The van der Waals surface area contributed by atoms with Gasteiger partial charge in [-0.3, -0.25) is 0 Å². The third-order valence-electron chi connectivity index (χ3n) is 2.07. The van der Waals surface area contributed by atoms with Gasteiger partial charge >= 0.3 is 0 Å². The maximum atomic E-state index is 9.13. The minimum atomic E-state index is 0.240. The third kappa shape index (κ3) is 2.16. The van der Waals surface area contributed by atoms with E-state index in [9.17, 15) is 0 Å². The van der Waals surface area contributed by atoms with E-state index in [1.54, 1.807) is 30.5 Å². The fourth-order valence-electron chi connectivity index (χ4n) is 1.31. The van der Waals surface area contributed by atoms with Crippen molar-refractivity contribution in [2.24, 2.45) is 5.73 Å². The molecule has 0 aliphatic carbocycles. The molecule has 0 aliphatic rings. The van der Waals surface area contributed by atoms with E-state index in [0.717, 1.165) is 11.3 Å². The molecule has 0 bridgehead atoms. The quantitative estimate of drug-likeness (QED) is 0.795. The Morgan fingerprint density at radius 2 is 2.00 bits per heavy atom. The molecule has 0 saturated carbocycles. The van der Waals surface area contributed by atoms with E-state index >= 15 is 0 Å². The fourth-order valence-corrected chi connectivity index (χ4v) is 1.31. The number of oxazole rings is 1. The highest BCUT2D eigenvalue weighted by Crippen LogP contribution is 2.21. The number of aromatic nitrogens is 1. The monoisotopic (exact) mass is 204 g/mol. The lowest BCUT2D eigenvalue weighted by atomic mass is 10.2. The summed E-state index contributed by atoms with van der Waals surface area (Å²) < 4.78 is 5.24. The van der Waals surface area contributed by atoms with Crippen LogP contribution in [0.1, 0.15) is 5.89 Å². The first kappa shape index (κ1) is 9.73. The summed E-state index contributed by atoms with van der Waals surface area (Å²) >= 11 is 0. The smallest absolute Gasteiger partial charge is 0.195 e. The lowest BCUT2D eigenvalue weighted by Crippen LogP contribution is -2.02. The normalized spacial score (nSPS) is 10.5. The van der Waals surface area contributed by atoms with Crippen molar-refractivity contribution in [3.63, 3.8) is 0 Å². The minimum Gasteiger partial charge on any atom is -0.508 e. The van der Waals surface area contributed by atoms with Crippen LogP contribution in [0.4, 0.5) is 0 Å². The second-order valence-electron chi connectivity index (χ2n) is 3.21. The molecule has 1 heterocycles. The van der Waals surface area contributed by atoms with E-state index in [0.29, 0.717) is 18.9 Å². The molecule has 1 aromatic carbocycles. The standard InChI is InChI=1S/C11H12N2O2/c12-6-5-11-13-10(7-15-11)8-1-3-9(14)4-2-8/h1-4,7,14H,5-6,12H2. The summed E-state index contributed by atoms with van der Waals surface area (Å²) in [5.74, 6) is 0.880. The van der Waals surface area contributed by atoms with Crippen LogP contribution < -0.4 is 5.73 Å². The SMILES string of the molecule is NCCc1nc(-c2ccc(O)cc2)co1. The average molecular weight is 204 g/mol. The molecule has 0 unspecified atom stereocenters. The second kappa shape index (κ2) is 4.14. The highest BCUT2D eigenvalue weighted by atomic mass is 16.3. The molecule has 3 N–H and O–H groups in total. The van der Waals surface area contributed by atoms with Gasteiger partial charge in [-0.25, -0.2) is 4.98 Å². The molecule has 0 aliphatic heterocycles. The summed E-state index contributed by atoms with van der Waals surface area (Å²) in [6, 6.07) is 6.82. The number of hydrogen-bond acceptors (Lipinski definition) is 4. The number of hydrogen-bond donors (Lipinski definition) is 2. The highest BCUT2D eigenvalue weighted by molar-refractivity contribution is 5.58. The van der Waals surface area contributed by atoms with Crippen LogP contribution in [0.25, 0.3) is 11.3 Å². The van der Waals surface area contributed by atoms with Gasteiger partial charge in [-0.2, -0.15) is 0 Å². The Morgan fingerprint density at radius 3 is 2.67 bits per heavy atom. The summed E-state index contributed by atoms with van der Waals surface area (Å²) in [4.78, 5) is 4.27. The molecule has 0 spiro atoms. The largest absolute Gasteiger partial charge is 0.508 e. The van der Waals surface area contributed by atoms with Gasteiger partial charge in [0, 0.05) is 18.5 Å². The molecule has 0 radical (unpaired) electrons. The van der Waals surface area contributed by atoms with Crippen LogP contribution in [0.3, 0.4) is 0 Å². The summed E-state index contributed by atoms with van der Waals surface area (Å²) in [5.41, 5.74) is 7.07. The van der Waals surface area contributed by atoms with Crippen molar-refractivity contribution < 1.29 is 9.52 Å². The first-order valence-electron chi connectivity index (χ1n) is 4.73. The average Bonchev–Trinajstić information content (AvgIpc) is 2.68. The van der Waals surface area contributed by atoms with Crippen LogP contribution in [0, 0.1) is 0 Å². The molecular weight excluding hydrogens is 192 g/mol.